The highest BCUT2D eigenvalue weighted by atomic mass is 19.4. The van der Waals surface area contributed by atoms with Gasteiger partial charge in [0.1, 0.15) is 5.75 Å². The van der Waals surface area contributed by atoms with Crippen molar-refractivity contribution in [3.63, 3.8) is 0 Å². The molecule has 0 bridgehead atoms. The van der Waals surface area contributed by atoms with Crippen molar-refractivity contribution >= 4 is 5.69 Å². The van der Waals surface area contributed by atoms with Crippen LogP contribution < -0.4 is 9.64 Å². The molecule has 2 aromatic rings. The largest absolute Gasteiger partial charge is 0.494 e. The molecule has 164 valence electrons. The third kappa shape index (κ3) is 6.66. The predicted octanol–water partition coefficient (Wildman–Crippen LogP) is 5.99. The minimum absolute atomic E-state index is 0.588. The molecule has 1 saturated heterocycles. The zero-order valence-corrected chi connectivity index (χ0v) is 17.6. The Labute approximate surface area is 177 Å². The van der Waals surface area contributed by atoms with Crippen LogP contribution >= 0.6 is 0 Å². The van der Waals surface area contributed by atoms with E-state index in [1.165, 1.54) is 37.0 Å². The molecule has 1 heterocycles. The topological polar surface area (TPSA) is 15.7 Å². The van der Waals surface area contributed by atoms with Crippen molar-refractivity contribution in [2.45, 2.75) is 45.3 Å². The van der Waals surface area contributed by atoms with Gasteiger partial charge in [0.15, 0.2) is 0 Å². The van der Waals surface area contributed by atoms with Gasteiger partial charge in [-0.15, -0.1) is 0 Å². The number of hydrogen-bond donors (Lipinski definition) is 0. The number of piperazine rings is 1. The van der Waals surface area contributed by atoms with Crippen LogP contribution in [-0.2, 0) is 12.7 Å². The summed E-state index contributed by atoms with van der Waals surface area (Å²) >= 11 is 0. The number of rotatable bonds is 9. The van der Waals surface area contributed by atoms with Crippen LogP contribution in [-0.4, -0.2) is 37.7 Å². The molecular formula is C24H31F3N2O. The van der Waals surface area contributed by atoms with E-state index in [0.717, 1.165) is 57.6 Å². The molecule has 0 N–H and O–H groups in total. The molecule has 30 heavy (non-hydrogen) atoms. The van der Waals surface area contributed by atoms with Crippen LogP contribution in [0.4, 0.5) is 18.9 Å². The molecule has 0 unspecified atom stereocenters. The first kappa shape index (κ1) is 22.5. The van der Waals surface area contributed by atoms with E-state index < -0.39 is 11.7 Å². The fourth-order valence-electron chi connectivity index (χ4n) is 3.71. The average molecular weight is 421 g/mol. The normalized spacial score (nSPS) is 15.4. The molecule has 6 heteroatoms. The first-order valence-electron chi connectivity index (χ1n) is 10.8. The smallest absolute Gasteiger partial charge is 0.416 e. The van der Waals surface area contributed by atoms with Gasteiger partial charge in [-0.05, 0) is 42.3 Å². The Balaban J connectivity index is 1.45. The van der Waals surface area contributed by atoms with E-state index in [4.69, 9.17) is 4.74 Å². The summed E-state index contributed by atoms with van der Waals surface area (Å²) in [5.41, 5.74) is 1.28. The summed E-state index contributed by atoms with van der Waals surface area (Å²) in [6.45, 7) is 6.90. The highest BCUT2D eigenvalue weighted by molar-refractivity contribution is 5.49. The standard InChI is InChI=1S/C24H31F3N2O/c1-2-3-4-5-17-30-23-11-9-20(10-12-23)19-28-13-15-29(16-14-28)22-8-6-7-21(18-22)24(25,26)27/h6-12,18H,2-5,13-17,19H2,1H3. The number of nitrogens with zero attached hydrogens (tertiary/aromatic N) is 2. The molecule has 3 nitrogen and oxygen atoms in total. The van der Waals surface area contributed by atoms with Crippen LogP contribution in [0, 0.1) is 0 Å². The SMILES string of the molecule is CCCCCCOc1ccc(CN2CCN(c3cccc(C(F)(F)F)c3)CC2)cc1. The molecule has 0 aliphatic carbocycles. The van der Waals surface area contributed by atoms with E-state index >= 15 is 0 Å². The van der Waals surface area contributed by atoms with Crippen LogP contribution in [0.2, 0.25) is 0 Å². The minimum Gasteiger partial charge on any atom is -0.494 e. The molecule has 0 radical (unpaired) electrons. The number of alkyl halides is 3. The monoisotopic (exact) mass is 420 g/mol. The Morgan fingerprint density at radius 3 is 2.30 bits per heavy atom. The van der Waals surface area contributed by atoms with Crippen LogP contribution in [0.5, 0.6) is 5.75 Å². The van der Waals surface area contributed by atoms with Gasteiger partial charge in [-0.3, -0.25) is 4.90 Å². The zero-order chi connectivity index (χ0) is 21.4. The maximum Gasteiger partial charge on any atom is 0.416 e. The van der Waals surface area contributed by atoms with Gasteiger partial charge in [0.2, 0.25) is 0 Å². The fraction of sp³-hybridized carbons (Fsp3) is 0.500. The number of ether oxygens (including phenoxy) is 1. The van der Waals surface area contributed by atoms with Crippen molar-refractivity contribution in [1.29, 1.82) is 0 Å². The first-order valence-corrected chi connectivity index (χ1v) is 10.8. The van der Waals surface area contributed by atoms with Gasteiger partial charge in [0.05, 0.1) is 12.2 Å². The molecule has 1 aliphatic heterocycles. The van der Waals surface area contributed by atoms with E-state index in [9.17, 15) is 13.2 Å². The Morgan fingerprint density at radius 1 is 0.900 bits per heavy atom. The predicted molar refractivity (Wildman–Crippen MR) is 115 cm³/mol. The second-order valence-electron chi connectivity index (χ2n) is 7.86. The summed E-state index contributed by atoms with van der Waals surface area (Å²) in [6.07, 6.45) is 0.474. The lowest BCUT2D eigenvalue weighted by Gasteiger charge is -2.36. The number of anilines is 1. The maximum absolute atomic E-state index is 13.0. The summed E-state index contributed by atoms with van der Waals surface area (Å²) in [4.78, 5) is 4.37. The number of unbranched alkanes of at least 4 members (excludes halogenated alkanes) is 3. The molecule has 1 aliphatic rings. The molecule has 0 aromatic heterocycles. The molecule has 0 atom stereocenters. The van der Waals surface area contributed by atoms with Crippen molar-refractivity contribution < 1.29 is 17.9 Å². The Hall–Kier alpha value is -2.21. The number of halogens is 3. The van der Waals surface area contributed by atoms with E-state index in [-0.39, 0.29) is 0 Å². The second kappa shape index (κ2) is 10.7. The van der Waals surface area contributed by atoms with Gasteiger partial charge in [-0.1, -0.05) is 44.4 Å². The molecule has 0 amide bonds. The zero-order valence-electron chi connectivity index (χ0n) is 17.6. The van der Waals surface area contributed by atoms with E-state index in [2.05, 4.69) is 24.0 Å². The van der Waals surface area contributed by atoms with Crippen molar-refractivity contribution in [3.8, 4) is 5.75 Å². The molecule has 3 rings (SSSR count). The molecule has 0 saturated carbocycles. The van der Waals surface area contributed by atoms with Crippen LogP contribution in [0.1, 0.15) is 43.7 Å². The van der Waals surface area contributed by atoms with E-state index in [0.29, 0.717) is 5.69 Å². The molecule has 1 fully saturated rings. The lowest BCUT2D eigenvalue weighted by molar-refractivity contribution is -0.137. The number of benzene rings is 2. The average Bonchev–Trinajstić information content (AvgIpc) is 2.75. The lowest BCUT2D eigenvalue weighted by Crippen LogP contribution is -2.46. The summed E-state index contributed by atoms with van der Waals surface area (Å²) in [5, 5.41) is 0. The van der Waals surface area contributed by atoms with Crippen molar-refractivity contribution in [2.75, 3.05) is 37.7 Å². The van der Waals surface area contributed by atoms with Gasteiger partial charge < -0.3 is 9.64 Å². The summed E-state index contributed by atoms with van der Waals surface area (Å²) < 4.78 is 44.6. The third-order valence-corrected chi connectivity index (χ3v) is 5.51. The molecule has 0 spiro atoms. The maximum atomic E-state index is 13.0. The minimum atomic E-state index is -4.30. The Kier molecular flexibility index (Phi) is 8.02. The van der Waals surface area contributed by atoms with E-state index in [1.807, 2.05) is 17.0 Å². The van der Waals surface area contributed by atoms with Crippen LogP contribution in [0.3, 0.4) is 0 Å². The third-order valence-electron chi connectivity index (χ3n) is 5.51. The highest BCUT2D eigenvalue weighted by Gasteiger charge is 2.31. The second-order valence-corrected chi connectivity index (χ2v) is 7.86. The summed E-state index contributed by atoms with van der Waals surface area (Å²) in [5.74, 6) is 0.907. The fourth-order valence-corrected chi connectivity index (χ4v) is 3.71. The van der Waals surface area contributed by atoms with Gasteiger partial charge >= 0.3 is 6.18 Å². The highest BCUT2D eigenvalue weighted by Crippen LogP contribution is 2.32. The van der Waals surface area contributed by atoms with Crippen LogP contribution in [0.15, 0.2) is 48.5 Å². The summed E-state index contributed by atoms with van der Waals surface area (Å²) in [7, 11) is 0. The Morgan fingerprint density at radius 2 is 1.63 bits per heavy atom. The van der Waals surface area contributed by atoms with Crippen LogP contribution in [0.25, 0.3) is 0 Å². The van der Waals surface area contributed by atoms with Crippen molar-refractivity contribution in [3.05, 3.63) is 59.7 Å². The van der Waals surface area contributed by atoms with Crippen molar-refractivity contribution in [2.24, 2.45) is 0 Å². The quantitative estimate of drug-likeness (QED) is 0.464. The van der Waals surface area contributed by atoms with Gasteiger partial charge in [-0.25, -0.2) is 0 Å². The Bertz CT molecular complexity index is 769. The first-order chi connectivity index (χ1) is 14.5. The van der Waals surface area contributed by atoms with E-state index in [1.54, 1.807) is 6.07 Å². The molecule has 2 aromatic carbocycles. The summed E-state index contributed by atoms with van der Waals surface area (Å²) in [6, 6.07) is 13.8. The van der Waals surface area contributed by atoms with Crippen molar-refractivity contribution in [1.82, 2.24) is 4.90 Å². The van der Waals surface area contributed by atoms with Gasteiger partial charge in [0.25, 0.3) is 0 Å². The lowest BCUT2D eigenvalue weighted by atomic mass is 10.1. The van der Waals surface area contributed by atoms with Gasteiger partial charge in [-0.2, -0.15) is 13.2 Å². The molecular weight excluding hydrogens is 389 g/mol. The van der Waals surface area contributed by atoms with Gasteiger partial charge in [0, 0.05) is 38.4 Å². The number of hydrogen-bond acceptors (Lipinski definition) is 3.